The van der Waals surface area contributed by atoms with Crippen LogP contribution in [0.4, 0.5) is 0 Å². The summed E-state index contributed by atoms with van der Waals surface area (Å²) in [5, 5.41) is 6.36. The van der Waals surface area contributed by atoms with Gasteiger partial charge in [0.1, 0.15) is 0 Å². The smallest absolute Gasteiger partial charge is 0.234 e. The van der Waals surface area contributed by atoms with Crippen LogP contribution >= 0.6 is 0 Å². The molecule has 0 radical (unpaired) electrons. The van der Waals surface area contributed by atoms with Gasteiger partial charge in [-0.1, -0.05) is 32.1 Å². The van der Waals surface area contributed by atoms with Crippen LogP contribution in [0, 0.1) is 5.92 Å². The molecule has 0 saturated heterocycles. The van der Waals surface area contributed by atoms with Crippen molar-refractivity contribution < 1.29 is 4.79 Å². The molecule has 0 aromatic heterocycles. The van der Waals surface area contributed by atoms with Crippen LogP contribution in [0.2, 0.25) is 0 Å². The van der Waals surface area contributed by atoms with E-state index in [-0.39, 0.29) is 5.91 Å². The standard InChI is InChI=1S/C13H24N2O/c16-13(10-14-9-8-11-6-7-11)15-12-4-2-1-3-5-12/h11-12,14H,1-10H2,(H,15,16). The van der Waals surface area contributed by atoms with Crippen LogP contribution in [0.1, 0.15) is 51.4 Å². The first-order valence-electron chi connectivity index (χ1n) is 6.84. The van der Waals surface area contributed by atoms with E-state index in [0.717, 1.165) is 12.5 Å². The van der Waals surface area contributed by atoms with Crippen molar-refractivity contribution in [2.24, 2.45) is 5.92 Å². The molecule has 2 N–H and O–H groups in total. The lowest BCUT2D eigenvalue weighted by atomic mass is 9.95. The lowest BCUT2D eigenvalue weighted by molar-refractivity contribution is -0.121. The van der Waals surface area contributed by atoms with Gasteiger partial charge in [-0.2, -0.15) is 0 Å². The summed E-state index contributed by atoms with van der Waals surface area (Å²) in [5.41, 5.74) is 0. The van der Waals surface area contributed by atoms with Crippen molar-refractivity contribution in [3.8, 4) is 0 Å². The molecule has 2 aliphatic carbocycles. The molecule has 0 aromatic rings. The van der Waals surface area contributed by atoms with Gasteiger partial charge in [-0.3, -0.25) is 4.79 Å². The van der Waals surface area contributed by atoms with Crippen LogP contribution in [-0.2, 0) is 4.79 Å². The number of carbonyl (C=O) groups excluding carboxylic acids is 1. The first kappa shape index (κ1) is 11.9. The first-order chi connectivity index (χ1) is 7.84. The van der Waals surface area contributed by atoms with Gasteiger partial charge >= 0.3 is 0 Å². The van der Waals surface area contributed by atoms with Crippen LogP contribution < -0.4 is 10.6 Å². The Hall–Kier alpha value is -0.570. The lowest BCUT2D eigenvalue weighted by Gasteiger charge is -2.22. The zero-order chi connectivity index (χ0) is 11.2. The number of hydrogen-bond donors (Lipinski definition) is 2. The van der Waals surface area contributed by atoms with Crippen LogP contribution in [0.5, 0.6) is 0 Å². The number of carbonyl (C=O) groups is 1. The van der Waals surface area contributed by atoms with E-state index in [1.54, 1.807) is 0 Å². The van der Waals surface area contributed by atoms with E-state index in [2.05, 4.69) is 10.6 Å². The second-order valence-corrected chi connectivity index (χ2v) is 5.31. The van der Waals surface area contributed by atoms with Gasteiger partial charge < -0.3 is 10.6 Å². The topological polar surface area (TPSA) is 41.1 Å². The SMILES string of the molecule is O=C(CNCCC1CC1)NC1CCCCC1. The Bertz CT molecular complexity index is 220. The zero-order valence-corrected chi connectivity index (χ0v) is 10.1. The molecule has 0 aromatic carbocycles. The van der Waals surface area contributed by atoms with Gasteiger partial charge in [0.25, 0.3) is 0 Å². The van der Waals surface area contributed by atoms with Gasteiger partial charge in [0.15, 0.2) is 0 Å². The fourth-order valence-corrected chi connectivity index (χ4v) is 2.44. The van der Waals surface area contributed by atoms with Crippen molar-refractivity contribution in [2.75, 3.05) is 13.1 Å². The first-order valence-corrected chi connectivity index (χ1v) is 6.84. The maximum Gasteiger partial charge on any atom is 0.234 e. The molecular weight excluding hydrogens is 200 g/mol. The predicted molar refractivity (Wildman–Crippen MR) is 65.2 cm³/mol. The highest BCUT2D eigenvalue weighted by Gasteiger charge is 2.20. The van der Waals surface area contributed by atoms with Crippen LogP contribution in [0.3, 0.4) is 0 Å². The molecule has 0 aliphatic heterocycles. The Kier molecular flexibility index (Phi) is 4.64. The van der Waals surface area contributed by atoms with Gasteiger partial charge in [-0.05, 0) is 31.7 Å². The minimum atomic E-state index is 0.183. The highest BCUT2D eigenvalue weighted by atomic mass is 16.1. The number of nitrogens with one attached hydrogen (secondary N) is 2. The van der Waals surface area contributed by atoms with Gasteiger partial charge in [-0.15, -0.1) is 0 Å². The molecule has 16 heavy (non-hydrogen) atoms. The molecular formula is C13H24N2O. The molecule has 2 aliphatic rings. The van der Waals surface area contributed by atoms with Crippen molar-refractivity contribution in [3.63, 3.8) is 0 Å². The normalized spacial score (nSPS) is 22.0. The largest absolute Gasteiger partial charge is 0.352 e. The maximum atomic E-state index is 11.6. The Balaban J connectivity index is 1.49. The second kappa shape index (κ2) is 6.24. The summed E-state index contributed by atoms with van der Waals surface area (Å²) in [4.78, 5) is 11.6. The Morgan fingerprint density at radius 3 is 2.50 bits per heavy atom. The van der Waals surface area contributed by atoms with Crippen molar-refractivity contribution in [1.82, 2.24) is 10.6 Å². The van der Waals surface area contributed by atoms with Crippen molar-refractivity contribution in [1.29, 1.82) is 0 Å². The summed E-state index contributed by atoms with van der Waals surface area (Å²) in [6, 6.07) is 0.450. The number of hydrogen-bond acceptors (Lipinski definition) is 2. The summed E-state index contributed by atoms with van der Waals surface area (Å²) in [5.74, 6) is 1.14. The van der Waals surface area contributed by atoms with Gasteiger partial charge in [0.2, 0.25) is 5.91 Å². The fraction of sp³-hybridized carbons (Fsp3) is 0.923. The third-order valence-electron chi connectivity index (χ3n) is 3.68. The molecule has 1 amide bonds. The maximum absolute atomic E-state index is 11.6. The number of amides is 1. The summed E-state index contributed by atoms with van der Waals surface area (Å²) < 4.78 is 0. The molecule has 0 spiro atoms. The minimum Gasteiger partial charge on any atom is -0.352 e. The van der Waals surface area contributed by atoms with Crippen LogP contribution in [0.15, 0.2) is 0 Å². The lowest BCUT2D eigenvalue weighted by Crippen LogP contribution is -2.41. The Labute approximate surface area is 98.4 Å². The number of rotatable bonds is 6. The molecule has 92 valence electrons. The van der Waals surface area contributed by atoms with Gasteiger partial charge in [-0.25, -0.2) is 0 Å². The molecule has 2 saturated carbocycles. The summed E-state index contributed by atoms with van der Waals surface area (Å²) in [6.45, 7) is 1.51. The van der Waals surface area contributed by atoms with E-state index in [4.69, 9.17) is 0 Å². The van der Waals surface area contributed by atoms with Crippen LogP contribution in [-0.4, -0.2) is 25.0 Å². The van der Waals surface area contributed by atoms with Crippen LogP contribution in [0.25, 0.3) is 0 Å². The fourth-order valence-electron chi connectivity index (χ4n) is 2.44. The third-order valence-corrected chi connectivity index (χ3v) is 3.68. The van der Waals surface area contributed by atoms with Crippen molar-refractivity contribution in [2.45, 2.75) is 57.4 Å². The molecule has 0 heterocycles. The highest BCUT2D eigenvalue weighted by Crippen LogP contribution is 2.31. The van der Waals surface area contributed by atoms with E-state index in [0.29, 0.717) is 12.6 Å². The van der Waals surface area contributed by atoms with E-state index >= 15 is 0 Å². The highest BCUT2D eigenvalue weighted by molar-refractivity contribution is 5.78. The molecule has 2 rings (SSSR count). The molecule has 2 fully saturated rings. The third kappa shape index (κ3) is 4.52. The van der Waals surface area contributed by atoms with Gasteiger partial charge in [0, 0.05) is 6.04 Å². The molecule has 3 heteroatoms. The summed E-state index contributed by atoms with van der Waals surface area (Å²) in [7, 11) is 0. The molecule has 0 atom stereocenters. The van der Waals surface area contributed by atoms with E-state index in [9.17, 15) is 4.79 Å². The van der Waals surface area contributed by atoms with E-state index in [1.807, 2.05) is 0 Å². The molecule has 0 bridgehead atoms. The second-order valence-electron chi connectivity index (χ2n) is 5.31. The quantitative estimate of drug-likeness (QED) is 0.676. The Morgan fingerprint density at radius 2 is 1.81 bits per heavy atom. The average Bonchev–Trinajstić information content (AvgIpc) is 3.10. The van der Waals surface area contributed by atoms with E-state index < -0.39 is 0 Å². The minimum absolute atomic E-state index is 0.183. The zero-order valence-electron chi connectivity index (χ0n) is 10.1. The Morgan fingerprint density at radius 1 is 1.06 bits per heavy atom. The predicted octanol–water partition coefficient (Wildman–Crippen LogP) is 1.82. The monoisotopic (exact) mass is 224 g/mol. The van der Waals surface area contributed by atoms with E-state index in [1.165, 1.54) is 51.4 Å². The van der Waals surface area contributed by atoms with Crippen molar-refractivity contribution in [3.05, 3.63) is 0 Å². The average molecular weight is 224 g/mol. The summed E-state index contributed by atoms with van der Waals surface area (Å²) in [6.07, 6.45) is 10.3. The molecule has 0 unspecified atom stereocenters. The molecule has 3 nitrogen and oxygen atoms in total. The summed E-state index contributed by atoms with van der Waals surface area (Å²) >= 11 is 0. The van der Waals surface area contributed by atoms with Crippen molar-refractivity contribution >= 4 is 5.91 Å². The van der Waals surface area contributed by atoms with Gasteiger partial charge in [0.05, 0.1) is 6.54 Å².